The molecule has 4 nitrogen and oxygen atoms in total. The van der Waals surface area contributed by atoms with Gasteiger partial charge in [-0.15, -0.1) is 0 Å². The molecule has 0 atom stereocenters. The molecule has 0 aliphatic heterocycles. The number of carboxylic acid groups (broad SMARTS) is 1. The zero-order valence-electron chi connectivity index (χ0n) is 9.28. The number of carboxylic acids is 1. The van der Waals surface area contributed by atoms with Gasteiger partial charge in [-0.3, -0.25) is 9.59 Å². The third-order valence-electron chi connectivity index (χ3n) is 1.92. The fourth-order valence-corrected chi connectivity index (χ4v) is 2.18. The second-order valence-electron chi connectivity index (χ2n) is 3.35. The van der Waals surface area contributed by atoms with Crippen LogP contribution >= 0.6 is 35.0 Å². The molecule has 0 saturated heterocycles. The highest BCUT2D eigenvalue weighted by molar-refractivity contribution is 7.99. The fourth-order valence-electron chi connectivity index (χ4n) is 1.11. The molecule has 0 fully saturated rings. The standard InChI is InChI=1S/C11H11Cl2NO3S/c12-7-2-1-3-8(11(7)13)14-9(15)6-18-5-4-10(16)17/h1-3H,4-6H2,(H,14,15)(H,16,17). The van der Waals surface area contributed by atoms with Crippen LogP contribution in [0.2, 0.25) is 10.0 Å². The molecule has 0 aliphatic carbocycles. The van der Waals surface area contributed by atoms with Gasteiger partial charge in [0.25, 0.3) is 0 Å². The molecule has 0 aliphatic rings. The van der Waals surface area contributed by atoms with Crippen LogP contribution in [0.3, 0.4) is 0 Å². The van der Waals surface area contributed by atoms with Gasteiger partial charge in [0.15, 0.2) is 0 Å². The van der Waals surface area contributed by atoms with Crippen molar-refractivity contribution in [1.29, 1.82) is 0 Å². The van der Waals surface area contributed by atoms with E-state index in [0.717, 1.165) is 0 Å². The second-order valence-corrected chi connectivity index (χ2v) is 5.24. The van der Waals surface area contributed by atoms with Gasteiger partial charge in [-0.25, -0.2) is 0 Å². The molecule has 0 unspecified atom stereocenters. The third-order valence-corrected chi connectivity index (χ3v) is 3.70. The maximum Gasteiger partial charge on any atom is 0.304 e. The van der Waals surface area contributed by atoms with Gasteiger partial charge < -0.3 is 10.4 Å². The van der Waals surface area contributed by atoms with Crippen molar-refractivity contribution >= 4 is 52.5 Å². The topological polar surface area (TPSA) is 66.4 Å². The highest BCUT2D eigenvalue weighted by Crippen LogP contribution is 2.29. The van der Waals surface area contributed by atoms with Crippen LogP contribution in [0.4, 0.5) is 5.69 Å². The number of benzene rings is 1. The van der Waals surface area contributed by atoms with E-state index in [2.05, 4.69) is 5.32 Å². The molecule has 0 bridgehead atoms. The minimum atomic E-state index is -0.874. The number of hydrogen-bond acceptors (Lipinski definition) is 3. The van der Waals surface area contributed by atoms with Gasteiger partial charge in [0.05, 0.1) is 27.9 Å². The van der Waals surface area contributed by atoms with Crippen molar-refractivity contribution in [3.8, 4) is 0 Å². The predicted octanol–water partition coefficient (Wildman–Crippen LogP) is 3.14. The van der Waals surface area contributed by atoms with Crippen LogP contribution in [-0.4, -0.2) is 28.5 Å². The molecule has 0 radical (unpaired) electrons. The first-order valence-electron chi connectivity index (χ1n) is 5.04. The summed E-state index contributed by atoms with van der Waals surface area (Å²) in [7, 11) is 0. The molecule has 1 aromatic carbocycles. The Morgan fingerprint density at radius 3 is 2.72 bits per heavy atom. The molecule has 1 aromatic rings. The number of halogens is 2. The number of anilines is 1. The maximum atomic E-state index is 11.5. The summed E-state index contributed by atoms with van der Waals surface area (Å²) < 4.78 is 0. The van der Waals surface area contributed by atoms with E-state index in [1.165, 1.54) is 11.8 Å². The number of hydrogen-bond donors (Lipinski definition) is 2. The van der Waals surface area contributed by atoms with Crippen molar-refractivity contribution < 1.29 is 14.7 Å². The van der Waals surface area contributed by atoms with Crippen molar-refractivity contribution in [2.24, 2.45) is 0 Å². The lowest BCUT2D eigenvalue weighted by atomic mass is 10.3. The number of amides is 1. The van der Waals surface area contributed by atoms with Crippen LogP contribution < -0.4 is 5.32 Å². The van der Waals surface area contributed by atoms with Gasteiger partial charge >= 0.3 is 5.97 Å². The summed E-state index contributed by atoms with van der Waals surface area (Å²) in [5, 5.41) is 11.7. The number of carbonyl (C=O) groups excluding carboxylic acids is 1. The highest BCUT2D eigenvalue weighted by Gasteiger charge is 2.08. The highest BCUT2D eigenvalue weighted by atomic mass is 35.5. The molecule has 0 spiro atoms. The van der Waals surface area contributed by atoms with E-state index >= 15 is 0 Å². The van der Waals surface area contributed by atoms with Crippen LogP contribution in [0.5, 0.6) is 0 Å². The predicted molar refractivity (Wildman–Crippen MR) is 74.7 cm³/mol. The quantitative estimate of drug-likeness (QED) is 0.792. The van der Waals surface area contributed by atoms with E-state index in [4.69, 9.17) is 28.3 Å². The lowest BCUT2D eigenvalue weighted by Gasteiger charge is -2.07. The van der Waals surface area contributed by atoms with Crippen molar-refractivity contribution in [1.82, 2.24) is 0 Å². The van der Waals surface area contributed by atoms with Gasteiger partial charge in [-0.2, -0.15) is 11.8 Å². The Morgan fingerprint density at radius 2 is 2.06 bits per heavy atom. The average Bonchev–Trinajstić information content (AvgIpc) is 2.30. The van der Waals surface area contributed by atoms with E-state index in [1.54, 1.807) is 18.2 Å². The zero-order valence-corrected chi connectivity index (χ0v) is 11.6. The second kappa shape index (κ2) is 7.51. The van der Waals surface area contributed by atoms with Crippen LogP contribution in [0.15, 0.2) is 18.2 Å². The van der Waals surface area contributed by atoms with Crippen molar-refractivity contribution in [2.75, 3.05) is 16.8 Å². The van der Waals surface area contributed by atoms with Gasteiger partial charge in [0, 0.05) is 5.75 Å². The van der Waals surface area contributed by atoms with E-state index in [1.807, 2.05) is 0 Å². The molecular formula is C11H11Cl2NO3S. The Bertz CT molecular complexity index is 454. The summed E-state index contributed by atoms with van der Waals surface area (Å²) in [6.07, 6.45) is 0.0376. The SMILES string of the molecule is O=C(O)CCSCC(=O)Nc1cccc(Cl)c1Cl. The van der Waals surface area contributed by atoms with E-state index in [9.17, 15) is 9.59 Å². The van der Waals surface area contributed by atoms with Crippen molar-refractivity contribution in [3.63, 3.8) is 0 Å². The number of aliphatic carboxylic acids is 1. The summed E-state index contributed by atoms with van der Waals surface area (Å²) in [5.41, 5.74) is 0.452. The number of nitrogens with one attached hydrogen (secondary N) is 1. The minimum absolute atomic E-state index is 0.0376. The Labute approximate surface area is 119 Å². The lowest BCUT2D eigenvalue weighted by Crippen LogP contribution is -2.15. The Morgan fingerprint density at radius 1 is 1.33 bits per heavy atom. The number of carbonyl (C=O) groups is 2. The summed E-state index contributed by atoms with van der Waals surface area (Å²) in [6.45, 7) is 0. The van der Waals surface area contributed by atoms with Gasteiger partial charge in [-0.1, -0.05) is 29.3 Å². The van der Waals surface area contributed by atoms with Crippen LogP contribution in [-0.2, 0) is 9.59 Å². The molecule has 18 heavy (non-hydrogen) atoms. The fraction of sp³-hybridized carbons (Fsp3) is 0.273. The molecule has 0 aromatic heterocycles. The van der Waals surface area contributed by atoms with E-state index in [0.29, 0.717) is 21.5 Å². The van der Waals surface area contributed by atoms with Gasteiger partial charge in [0.1, 0.15) is 0 Å². The first-order chi connectivity index (χ1) is 8.50. The summed E-state index contributed by atoms with van der Waals surface area (Å²) in [6, 6.07) is 4.95. The number of rotatable bonds is 6. The third kappa shape index (κ3) is 5.16. The van der Waals surface area contributed by atoms with Gasteiger partial charge in [0.2, 0.25) is 5.91 Å². The van der Waals surface area contributed by atoms with Crippen molar-refractivity contribution in [2.45, 2.75) is 6.42 Å². The first kappa shape index (κ1) is 15.1. The molecule has 98 valence electrons. The van der Waals surface area contributed by atoms with Crippen LogP contribution in [0.1, 0.15) is 6.42 Å². The molecule has 0 saturated carbocycles. The average molecular weight is 308 g/mol. The van der Waals surface area contributed by atoms with Crippen LogP contribution in [0, 0.1) is 0 Å². The Balaban J connectivity index is 2.40. The van der Waals surface area contributed by atoms with Gasteiger partial charge in [-0.05, 0) is 12.1 Å². The smallest absolute Gasteiger partial charge is 0.304 e. The Kier molecular flexibility index (Phi) is 6.32. The molecule has 7 heteroatoms. The summed E-state index contributed by atoms with van der Waals surface area (Å²) in [4.78, 5) is 21.8. The largest absolute Gasteiger partial charge is 0.481 e. The molecule has 1 amide bonds. The van der Waals surface area contributed by atoms with E-state index < -0.39 is 5.97 Å². The monoisotopic (exact) mass is 307 g/mol. The van der Waals surface area contributed by atoms with Crippen LogP contribution in [0.25, 0.3) is 0 Å². The zero-order chi connectivity index (χ0) is 13.5. The number of thioether (sulfide) groups is 1. The maximum absolute atomic E-state index is 11.5. The molecule has 1 rings (SSSR count). The first-order valence-corrected chi connectivity index (χ1v) is 6.95. The lowest BCUT2D eigenvalue weighted by molar-refractivity contribution is -0.136. The van der Waals surface area contributed by atoms with Crippen molar-refractivity contribution in [3.05, 3.63) is 28.2 Å². The van der Waals surface area contributed by atoms with E-state index in [-0.39, 0.29) is 18.1 Å². The normalized spacial score (nSPS) is 10.1. The Hall–Kier alpha value is -0.910. The summed E-state index contributed by atoms with van der Waals surface area (Å²) in [5.74, 6) is -0.544. The summed E-state index contributed by atoms with van der Waals surface area (Å²) >= 11 is 13.0. The molecular weight excluding hydrogens is 297 g/mol. The minimum Gasteiger partial charge on any atom is -0.481 e. The molecule has 0 heterocycles. The molecule has 2 N–H and O–H groups in total.